The van der Waals surface area contributed by atoms with Crippen LogP contribution in [0.25, 0.3) is 0 Å². The molecule has 0 radical (unpaired) electrons. The lowest BCUT2D eigenvalue weighted by Gasteiger charge is -2.18. The van der Waals surface area contributed by atoms with Gasteiger partial charge in [0.2, 0.25) is 0 Å². The number of hydrogen-bond donors (Lipinski definition) is 1. The number of fused-ring (bicyclic) bond motifs is 1. The number of ether oxygens (including phenoxy) is 2. The highest BCUT2D eigenvalue weighted by Crippen LogP contribution is 2.41. The quantitative estimate of drug-likeness (QED) is 0.923. The first-order chi connectivity index (χ1) is 11.3. The Balaban J connectivity index is 1.66. The number of carbonyl (C=O) groups excluding carboxylic acids is 1. The van der Waals surface area contributed by atoms with Crippen molar-refractivity contribution in [2.75, 3.05) is 11.9 Å². The summed E-state index contributed by atoms with van der Waals surface area (Å²) < 4.78 is 11.7. The van der Waals surface area contributed by atoms with Crippen molar-refractivity contribution in [2.45, 2.75) is 39.7 Å². The fourth-order valence-corrected chi connectivity index (χ4v) is 2.90. The lowest BCUT2D eigenvalue weighted by molar-refractivity contribution is -0.118. The summed E-state index contributed by atoms with van der Waals surface area (Å²) in [7, 11) is 0. The molecule has 126 valence electrons. The van der Waals surface area contributed by atoms with Gasteiger partial charge in [-0.1, -0.05) is 24.3 Å². The van der Waals surface area contributed by atoms with Gasteiger partial charge in [0.05, 0.1) is 0 Å². The normalized spacial score (nSPS) is 14.7. The van der Waals surface area contributed by atoms with E-state index in [9.17, 15) is 4.79 Å². The Labute approximate surface area is 142 Å². The van der Waals surface area contributed by atoms with Crippen LogP contribution in [-0.2, 0) is 11.2 Å². The third-order valence-electron chi connectivity index (χ3n) is 4.08. The standard InChI is InChI=1S/C20H23NO3/c1-13-8-9-14(2)16(10-13)21-18(22)12-23-17-7-5-6-15-11-20(3,4)24-19(15)17/h5-10H,11-12H2,1-4H3,(H,21,22). The number of amides is 1. The molecule has 2 aromatic rings. The fourth-order valence-electron chi connectivity index (χ4n) is 2.90. The summed E-state index contributed by atoms with van der Waals surface area (Å²) in [5, 5.41) is 2.90. The monoisotopic (exact) mass is 325 g/mol. The molecule has 0 spiro atoms. The molecule has 0 aromatic heterocycles. The number of rotatable bonds is 4. The van der Waals surface area contributed by atoms with E-state index in [-0.39, 0.29) is 18.1 Å². The van der Waals surface area contributed by atoms with Gasteiger partial charge in [0, 0.05) is 17.7 Å². The van der Waals surface area contributed by atoms with Crippen molar-refractivity contribution in [3.63, 3.8) is 0 Å². The molecule has 24 heavy (non-hydrogen) atoms. The molecule has 1 amide bonds. The smallest absolute Gasteiger partial charge is 0.262 e. The van der Waals surface area contributed by atoms with Crippen molar-refractivity contribution in [1.29, 1.82) is 0 Å². The first kappa shape index (κ1) is 16.4. The average molecular weight is 325 g/mol. The molecule has 1 heterocycles. The molecule has 0 bridgehead atoms. The van der Waals surface area contributed by atoms with Crippen molar-refractivity contribution in [3.8, 4) is 11.5 Å². The minimum absolute atomic E-state index is 0.0480. The molecule has 0 aliphatic carbocycles. The summed E-state index contributed by atoms with van der Waals surface area (Å²) in [6.07, 6.45) is 0.841. The summed E-state index contributed by atoms with van der Waals surface area (Å²) in [6.45, 7) is 8.01. The number of para-hydroxylation sites is 1. The summed E-state index contributed by atoms with van der Waals surface area (Å²) in [5.74, 6) is 1.19. The lowest BCUT2D eigenvalue weighted by Crippen LogP contribution is -2.25. The molecule has 0 atom stereocenters. The van der Waals surface area contributed by atoms with Crippen LogP contribution >= 0.6 is 0 Å². The highest BCUT2D eigenvalue weighted by Gasteiger charge is 2.32. The molecule has 4 heteroatoms. The van der Waals surface area contributed by atoms with Gasteiger partial charge >= 0.3 is 0 Å². The third-order valence-corrected chi connectivity index (χ3v) is 4.08. The van der Waals surface area contributed by atoms with Crippen molar-refractivity contribution in [2.24, 2.45) is 0 Å². The molecule has 3 rings (SSSR count). The van der Waals surface area contributed by atoms with Gasteiger partial charge in [-0.05, 0) is 51.0 Å². The van der Waals surface area contributed by atoms with E-state index in [1.165, 1.54) is 0 Å². The van der Waals surface area contributed by atoms with E-state index in [1.54, 1.807) is 0 Å². The van der Waals surface area contributed by atoms with Crippen LogP contribution in [0.3, 0.4) is 0 Å². The van der Waals surface area contributed by atoms with Gasteiger partial charge in [0.1, 0.15) is 5.60 Å². The summed E-state index contributed by atoms with van der Waals surface area (Å²) in [5.41, 5.74) is 3.84. The van der Waals surface area contributed by atoms with Crippen LogP contribution in [0.15, 0.2) is 36.4 Å². The van der Waals surface area contributed by atoms with Crippen LogP contribution < -0.4 is 14.8 Å². The maximum Gasteiger partial charge on any atom is 0.262 e. The molecule has 0 fully saturated rings. The number of anilines is 1. The fraction of sp³-hybridized carbons (Fsp3) is 0.350. The summed E-state index contributed by atoms with van der Waals surface area (Å²) in [6, 6.07) is 11.8. The summed E-state index contributed by atoms with van der Waals surface area (Å²) >= 11 is 0. The maximum absolute atomic E-state index is 12.2. The van der Waals surface area contributed by atoms with Crippen LogP contribution in [0, 0.1) is 13.8 Å². The van der Waals surface area contributed by atoms with Gasteiger partial charge in [-0.15, -0.1) is 0 Å². The Morgan fingerprint density at radius 1 is 1.25 bits per heavy atom. The van der Waals surface area contributed by atoms with Gasteiger partial charge in [-0.2, -0.15) is 0 Å². The lowest BCUT2D eigenvalue weighted by atomic mass is 10.0. The van der Waals surface area contributed by atoms with E-state index < -0.39 is 0 Å². The molecule has 0 saturated heterocycles. The second kappa shape index (κ2) is 6.19. The van der Waals surface area contributed by atoms with Gasteiger partial charge in [-0.25, -0.2) is 0 Å². The average Bonchev–Trinajstić information content (AvgIpc) is 2.83. The largest absolute Gasteiger partial charge is 0.483 e. The minimum Gasteiger partial charge on any atom is -0.483 e. The van der Waals surface area contributed by atoms with Crippen molar-refractivity contribution < 1.29 is 14.3 Å². The second-order valence-electron chi connectivity index (χ2n) is 6.94. The van der Waals surface area contributed by atoms with Crippen LogP contribution in [0.1, 0.15) is 30.5 Å². The Morgan fingerprint density at radius 2 is 2.04 bits per heavy atom. The molecule has 1 N–H and O–H groups in total. The zero-order chi connectivity index (χ0) is 17.3. The highest BCUT2D eigenvalue weighted by atomic mass is 16.5. The van der Waals surface area contributed by atoms with Crippen LogP contribution in [0.5, 0.6) is 11.5 Å². The van der Waals surface area contributed by atoms with Gasteiger partial charge in [0.15, 0.2) is 18.1 Å². The van der Waals surface area contributed by atoms with Crippen LogP contribution in [0.2, 0.25) is 0 Å². The minimum atomic E-state index is -0.233. The van der Waals surface area contributed by atoms with Crippen molar-refractivity contribution in [1.82, 2.24) is 0 Å². The number of hydrogen-bond acceptors (Lipinski definition) is 3. The van der Waals surface area contributed by atoms with Crippen molar-refractivity contribution in [3.05, 3.63) is 53.1 Å². The van der Waals surface area contributed by atoms with Gasteiger partial charge in [-0.3, -0.25) is 4.79 Å². The van der Waals surface area contributed by atoms with Crippen LogP contribution in [0.4, 0.5) is 5.69 Å². The zero-order valence-electron chi connectivity index (χ0n) is 14.6. The van der Waals surface area contributed by atoms with Crippen molar-refractivity contribution >= 4 is 11.6 Å². The number of carbonyl (C=O) groups is 1. The molecular formula is C20H23NO3. The number of nitrogens with one attached hydrogen (secondary N) is 1. The molecule has 1 aliphatic heterocycles. The molecule has 0 unspecified atom stereocenters. The molecule has 1 aliphatic rings. The van der Waals surface area contributed by atoms with E-state index in [0.717, 1.165) is 34.5 Å². The van der Waals surface area contributed by atoms with Gasteiger partial charge < -0.3 is 14.8 Å². The number of benzene rings is 2. The Morgan fingerprint density at radius 3 is 2.83 bits per heavy atom. The molecule has 4 nitrogen and oxygen atoms in total. The maximum atomic E-state index is 12.2. The Hall–Kier alpha value is -2.49. The number of aryl methyl sites for hydroxylation is 2. The first-order valence-corrected chi connectivity index (χ1v) is 8.15. The van der Waals surface area contributed by atoms with E-state index in [0.29, 0.717) is 5.75 Å². The van der Waals surface area contributed by atoms with Crippen LogP contribution in [-0.4, -0.2) is 18.1 Å². The van der Waals surface area contributed by atoms with E-state index >= 15 is 0 Å². The molecule has 0 saturated carbocycles. The van der Waals surface area contributed by atoms with Gasteiger partial charge in [0.25, 0.3) is 5.91 Å². The van der Waals surface area contributed by atoms with E-state index in [1.807, 2.05) is 64.1 Å². The zero-order valence-corrected chi connectivity index (χ0v) is 14.6. The molecule has 2 aromatic carbocycles. The predicted octanol–water partition coefficient (Wildman–Crippen LogP) is 4.03. The predicted molar refractivity (Wildman–Crippen MR) is 94.9 cm³/mol. The molecular weight excluding hydrogens is 302 g/mol. The first-order valence-electron chi connectivity index (χ1n) is 8.15. The Kier molecular flexibility index (Phi) is 4.22. The SMILES string of the molecule is Cc1ccc(C)c(NC(=O)COc2cccc3c2OC(C)(C)C3)c1. The topological polar surface area (TPSA) is 47.6 Å². The van der Waals surface area contributed by atoms with E-state index in [4.69, 9.17) is 9.47 Å². The van der Waals surface area contributed by atoms with E-state index in [2.05, 4.69) is 5.32 Å². The second-order valence-corrected chi connectivity index (χ2v) is 6.94. The third kappa shape index (κ3) is 3.53. The summed E-state index contributed by atoms with van der Waals surface area (Å²) in [4.78, 5) is 12.2. The Bertz CT molecular complexity index is 780. The highest BCUT2D eigenvalue weighted by molar-refractivity contribution is 5.92.